The SMILES string of the molecule is CCC(Cl)c1cn(Cc2ccccc2C)nn1. The molecule has 2 rings (SSSR count). The standard InChI is InChI=1S/C13H16ClN3/c1-3-12(14)13-9-17(16-15-13)8-11-7-5-4-6-10(11)2/h4-7,9,12H,3,8H2,1-2H3. The van der Waals surface area contributed by atoms with E-state index in [0.29, 0.717) is 0 Å². The zero-order valence-corrected chi connectivity index (χ0v) is 10.9. The molecule has 1 aromatic carbocycles. The third kappa shape index (κ3) is 2.86. The Morgan fingerprint density at radius 3 is 2.82 bits per heavy atom. The van der Waals surface area contributed by atoms with E-state index in [2.05, 4.69) is 29.4 Å². The second kappa shape index (κ2) is 5.32. The average Bonchev–Trinajstić information content (AvgIpc) is 2.80. The van der Waals surface area contributed by atoms with E-state index in [9.17, 15) is 0 Å². The summed E-state index contributed by atoms with van der Waals surface area (Å²) in [6.45, 7) is 4.88. The Morgan fingerprint density at radius 1 is 1.35 bits per heavy atom. The van der Waals surface area contributed by atoms with Crippen molar-refractivity contribution >= 4 is 11.6 Å². The molecule has 17 heavy (non-hydrogen) atoms. The number of benzene rings is 1. The van der Waals surface area contributed by atoms with Crippen LogP contribution < -0.4 is 0 Å². The summed E-state index contributed by atoms with van der Waals surface area (Å²) < 4.78 is 1.84. The normalized spacial score (nSPS) is 12.6. The van der Waals surface area contributed by atoms with Crippen molar-refractivity contribution < 1.29 is 0 Å². The number of halogens is 1. The molecule has 0 N–H and O–H groups in total. The fraction of sp³-hybridized carbons (Fsp3) is 0.385. The first kappa shape index (κ1) is 12.1. The fourth-order valence-electron chi connectivity index (χ4n) is 1.71. The van der Waals surface area contributed by atoms with Crippen molar-refractivity contribution in [3.8, 4) is 0 Å². The number of aromatic nitrogens is 3. The first-order valence-electron chi connectivity index (χ1n) is 5.79. The maximum absolute atomic E-state index is 6.12. The van der Waals surface area contributed by atoms with Gasteiger partial charge >= 0.3 is 0 Å². The van der Waals surface area contributed by atoms with E-state index in [0.717, 1.165) is 18.7 Å². The Morgan fingerprint density at radius 2 is 2.12 bits per heavy atom. The van der Waals surface area contributed by atoms with Gasteiger partial charge in [-0.25, -0.2) is 4.68 Å². The summed E-state index contributed by atoms with van der Waals surface area (Å²) in [5.41, 5.74) is 3.37. The number of nitrogens with zero attached hydrogens (tertiary/aromatic N) is 3. The van der Waals surface area contributed by atoms with E-state index in [1.54, 1.807) is 0 Å². The summed E-state index contributed by atoms with van der Waals surface area (Å²) in [6, 6.07) is 8.28. The minimum Gasteiger partial charge on any atom is -0.248 e. The molecule has 1 aromatic heterocycles. The third-order valence-corrected chi connectivity index (χ3v) is 3.36. The molecule has 2 aromatic rings. The Labute approximate surface area is 106 Å². The lowest BCUT2D eigenvalue weighted by Gasteiger charge is -2.04. The lowest BCUT2D eigenvalue weighted by molar-refractivity contribution is 0.647. The molecule has 0 fully saturated rings. The summed E-state index contributed by atoms with van der Waals surface area (Å²) in [6.07, 6.45) is 2.79. The minimum atomic E-state index is -0.0411. The minimum absolute atomic E-state index is 0.0411. The second-order valence-electron chi connectivity index (χ2n) is 4.14. The van der Waals surface area contributed by atoms with E-state index in [-0.39, 0.29) is 5.38 Å². The molecule has 0 saturated carbocycles. The Hall–Kier alpha value is -1.35. The predicted molar refractivity (Wildman–Crippen MR) is 69.2 cm³/mol. The number of aryl methyl sites for hydroxylation is 1. The van der Waals surface area contributed by atoms with Crippen LogP contribution in [0.3, 0.4) is 0 Å². The van der Waals surface area contributed by atoms with E-state index >= 15 is 0 Å². The molecular weight excluding hydrogens is 234 g/mol. The van der Waals surface area contributed by atoms with Gasteiger partial charge in [0.05, 0.1) is 18.1 Å². The van der Waals surface area contributed by atoms with Gasteiger partial charge in [0.15, 0.2) is 0 Å². The van der Waals surface area contributed by atoms with Crippen LogP contribution in [0.15, 0.2) is 30.5 Å². The van der Waals surface area contributed by atoms with Gasteiger partial charge in [0.25, 0.3) is 0 Å². The molecule has 0 aliphatic carbocycles. The van der Waals surface area contributed by atoms with E-state index in [1.165, 1.54) is 11.1 Å². The second-order valence-corrected chi connectivity index (χ2v) is 4.67. The van der Waals surface area contributed by atoms with Crippen molar-refractivity contribution in [3.63, 3.8) is 0 Å². The molecule has 3 nitrogen and oxygen atoms in total. The van der Waals surface area contributed by atoms with Crippen molar-refractivity contribution in [1.29, 1.82) is 0 Å². The molecule has 0 aliphatic rings. The molecule has 90 valence electrons. The molecule has 0 saturated heterocycles. The van der Waals surface area contributed by atoms with E-state index < -0.39 is 0 Å². The zero-order chi connectivity index (χ0) is 12.3. The predicted octanol–water partition coefficient (Wildman–Crippen LogP) is 3.32. The van der Waals surface area contributed by atoms with Gasteiger partial charge in [-0.05, 0) is 24.5 Å². The maximum atomic E-state index is 6.12. The monoisotopic (exact) mass is 249 g/mol. The zero-order valence-electron chi connectivity index (χ0n) is 10.1. The highest BCUT2D eigenvalue weighted by atomic mass is 35.5. The van der Waals surface area contributed by atoms with Crippen LogP contribution in [0, 0.1) is 6.92 Å². The molecule has 1 unspecified atom stereocenters. The molecule has 0 bridgehead atoms. The molecule has 0 spiro atoms. The van der Waals surface area contributed by atoms with Gasteiger partial charge in [0, 0.05) is 0 Å². The molecule has 1 heterocycles. The molecule has 0 radical (unpaired) electrons. The maximum Gasteiger partial charge on any atom is 0.101 e. The number of hydrogen-bond acceptors (Lipinski definition) is 2. The Kier molecular flexibility index (Phi) is 3.79. The molecular formula is C13H16ClN3. The van der Waals surface area contributed by atoms with E-state index in [1.807, 2.05) is 29.9 Å². The lowest BCUT2D eigenvalue weighted by Crippen LogP contribution is -2.01. The topological polar surface area (TPSA) is 30.7 Å². The van der Waals surface area contributed by atoms with Gasteiger partial charge in [0.2, 0.25) is 0 Å². The van der Waals surface area contributed by atoms with Crippen LogP contribution in [0.1, 0.15) is 35.5 Å². The van der Waals surface area contributed by atoms with Crippen LogP contribution >= 0.6 is 11.6 Å². The van der Waals surface area contributed by atoms with Crippen molar-refractivity contribution in [3.05, 3.63) is 47.3 Å². The van der Waals surface area contributed by atoms with Gasteiger partial charge < -0.3 is 0 Å². The van der Waals surface area contributed by atoms with Crippen molar-refractivity contribution in [2.75, 3.05) is 0 Å². The quantitative estimate of drug-likeness (QED) is 0.779. The summed E-state index contributed by atoms with van der Waals surface area (Å²) in [5.74, 6) is 0. The highest BCUT2D eigenvalue weighted by Gasteiger charge is 2.10. The lowest BCUT2D eigenvalue weighted by atomic mass is 10.1. The molecule has 1 atom stereocenters. The van der Waals surface area contributed by atoms with Gasteiger partial charge in [-0.1, -0.05) is 36.4 Å². The Balaban J connectivity index is 2.14. The summed E-state index contributed by atoms with van der Waals surface area (Å²) in [4.78, 5) is 0. The fourth-order valence-corrected chi connectivity index (χ4v) is 1.81. The number of alkyl halides is 1. The van der Waals surface area contributed by atoms with Crippen LogP contribution in [0.2, 0.25) is 0 Å². The Bertz CT molecular complexity index is 493. The number of hydrogen-bond donors (Lipinski definition) is 0. The van der Waals surface area contributed by atoms with Gasteiger partial charge in [-0.3, -0.25) is 0 Å². The van der Waals surface area contributed by atoms with Crippen LogP contribution in [0.25, 0.3) is 0 Å². The highest BCUT2D eigenvalue weighted by Crippen LogP contribution is 2.21. The van der Waals surface area contributed by atoms with Crippen molar-refractivity contribution in [2.24, 2.45) is 0 Å². The molecule has 4 heteroatoms. The van der Waals surface area contributed by atoms with Gasteiger partial charge in [0.1, 0.15) is 5.69 Å². The van der Waals surface area contributed by atoms with Crippen molar-refractivity contribution in [2.45, 2.75) is 32.2 Å². The van der Waals surface area contributed by atoms with Gasteiger partial charge in [-0.2, -0.15) is 0 Å². The first-order chi connectivity index (χ1) is 8.20. The average molecular weight is 250 g/mol. The smallest absolute Gasteiger partial charge is 0.101 e. The summed E-state index contributed by atoms with van der Waals surface area (Å²) in [7, 11) is 0. The van der Waals surface area contributed by atoms with E-state index in [4.69, 9.17) is 11.6 Å². The summed E-state index contributed by atoms with van der Waals surface area (Å²) >= 11 is 6.12. The summed E-state index contributed by atoms with van der Waals surface area (Å²) in [5, 5.41) is 8.16. The third-order valence-electron chi connectivity index (χ3n) is 2.83. The molecule has 0 amide bonds. The van der Waals surface area contributed by atoms with Crippen LogP contribution in [0.5, 0.6) is 0 Å². The van der Waals surface area contributed by atoms with Crippen LogP contribution in [0.4, 0.5) is 0 Å². The highest BCUT2D eigenvalue weighted by molar-refractivity contribution is 6.20. The van der Waals surface area contributed by atoms with Crippen molar-refractivity contribution in [1.82, 2.24) is 15.0 Å². The largest absolute Gasteiger partial charge is 0.248 e. The first-order valence-corrected chi connectivity index (χ1v) is 6.23. The van der Waals surface area contributed by atoms with Gasteiger partial charge in [-0.15, -0.1) is 16.7 Å². The van der Waals surface area contributed by atoms with Crippen LogP contribution in [-0.2, 0) is 6.54 Å². The number of rotatable bonds is 4. The van der Waals surface area contributed by atoms with Crippen LogP contribution in [-0.4, -0.2) is 15.0 Å². The molecule has 0 aliphatic heterocycles.